The Bertz CT molecular complexity index is 64.0. The molecule has 0 spiro atoms. The number of hydrogen-bond donors (Lipinski definition) is 0. The number of rotatable bonds is 0. The molecule has 0 saturated carbocycles. The van der Waals surface area contributed by atoms with Gasteiger partial charge >= 0.3 is 87.9 Å². The summed E-state index contributed by atoms with van der Waals surface area (Å²) >= 11 is 0.708. The molecule has 28 valence electrons. The van der Waals surface area contributed by atoms with Gasteiger partial charge in [-0.25, -0.2) is 0 Å². The molecule has 0 unspecified atom stereocenters. The van der Waals surface area contributed by atoms with Crippen molar-refractivity contribution in [1.29, 1.82) is 0 Å². The molecule has 0 radical (unpaired) electrons. The molecule has 0 nitrogen and oxygen atoms in total. The summed E-state index contributed by atoms with van der Waals surface area (Å²) in [6.07, 6.45) is 0. The molecular weight excluding hydrogens is 166 g/mol. The quantitative estimate of drug-likeness (QED) is 0.485. The minimum atomic E-state index is 0. The summed E-state index contributed by atoms with van der Waals surface area (Å²) in [6, 6.07) is 4.17. The van der Waals surface area contributed by atoms with Crippen LogP contribution in [-0.4, -0.2) is 65.9 Å². The van der Waals surface area contributed by atoms with Gasteiger partial charge in [0.15, 0.2) is 0 Å². The molecule has 0 atom stereocenters. The second-order valence-electron chi connectivity index (χ2n) is 0.793. The van der Waals surface area contributed by atoms with Gasteiger partial charge in [0.2, 0.25) is 0 Å². The molecule has 2 heteroatoms. The molecule has 1 aromatic heterocycles. The van der Waals surface area contributed by atoms with Crippen molar-refractivity contribution in [2.45, 2.75) is 0 Å². The molecule has 0 fully saturated rings. The third kappa shape index (κ3) is 2.75. The van der Waals surface area contributed by atoms with Crippen LogP contribution in [0.2, 0.25) is 0 Å². The van der Waals surface area contributed by atoms with Crippen LogP contribution in [0.5, 0.6) is 0 Å². The second kappa shape index (κ2) is 4.79. The van der Waals surface area contributed by atoms with Crippen molar-refractivity contribution in [3.05, 3.63) is 22.0 Å². The first-order valence-electron chi connectivity index (χ1n) is 1.47. The zero-order valence-corrected chi connectivity index (χ0v) is 4.43. The van der Waals surface area contributed by atoms with Gasteiger partial charge < -0.3 is 0 Å². The summed E-state index contributed by atoms with van der Waals surface area (Å²) in [7, 11) is 0. The summed E-state index contributed by atoms with van der Waals surface area (Å²) in [4.78, 5) is 4.38. The molecule has 0 aliphatic rings. The van der Waals surface area contributed by atoms with E-state index in [2.05, 4.69) is 22.0 Å². The van der Waals surface area contributed by atoms with E-state index < -0.39 is 0 Å². The Labute approximate surface area is 86.1 Å². The fourth-order valence-corrected chi connectivity index (χ4v) is 1.18. The van der Waals surface area contributed by atoms with Crippen molar-refractivity contribution >= 4 is 65.9 Å². The third-order valence-corrected chi connectivity index (χ3v) is 1.74. The molecular formula is C4H5KSe. The zero-order chi connectivity index (χ0) is 3.54. The first-order valence-corrected chi connectivity index (χ1v) is 3.45. The first kappa shape index (κ1) is 7.64. The van der Waals surface area contributed by atoms with E-state index in [-0.39, 0.29) is 51.4 Å². The van der Waals surface area contributed by atoms with Crippen molar-refractivity contribution in [3.63, 3.8) is 0 Å². The van der Waals surface area contributed by atoms with Gasteiger partial charge in [0.1, 0.15) is 0 Å². The SMILES string of the molecule is [KH].c1cc[se]c1. The van der Waals surface area contributed by atoms with E-state index in [1.807, 2.05) is 0 Å². The van der Waals surface area contributed by atoms with E-state index in [0.717, 1.165) is 0 Å². The molecule has 6 heavy (non-hydrogen) atoms. The van der Waals surface area contributed by atoms with Gasteiger partial charge in [-0.05, 0) is 0 Å². The zero-order valence-electron chi connectivity index (χ0n) is 2.72. The summed E-state index contributed by atoms with van der Waals surface area (Å²) in [5.74, 6) is 0. The van der Waals surface area contributed by atoms with Crippen LogP contribution in [0.25, 0.3) is 0 Å². The monoisotopic (exact) mass is 172 g/mol. The van der Waals surface area contributed by atoms with Crippen LogP contribution in [0.1, 0.15) is 0 Å². The molecule has 1 rings (SSSR count). The summed E-state index contributed by atoms with van der Waals surface area (Å²) in [6.45, 7) is 0. The maximum atomic E-state index is 2.19. The fourth-order valence-electron chi connectivity index (χ4n) is 0.227. The molecule has 0 saturated heterocycles. The Morgan fingerprint density at radius 3 is 1.67 bits per heavy atom. The van der Waals surface area contributed by atoms with Crippen LogP contribution in [0.3, 0.4) is 0 Å². The predicted octanol–water partition coefficient (Wildman–Crippen LogP) is 0.0951. The Morgan fingerprint density at radius 1 is 1.00 bits per heavy atom. The van der Waals surface area contributed by atoms with Crippen LogP contribution >= 0.6 is 0 Å². The standard InChI is InChI=1S/C4H4Se.K.H/c1-2-4-5-3-1;;/h1-4H;;. The van der Waals surface area contributed by atoms with Crippen molar-refractivity contribution < 1.29 is 0 Å². The van der Waals surface area contributed by atoms with E-state index in [9.17, 15) is 0 Å². The fraction of sp³-hybridized carbons (Fsp3) is 0. The van der Waals surface area contributed by atoms with Crippen molar-refractivity contribution in [3.8, 4) is 0 Å². The summed E-state index contributed by atoms with van der Waals surface area (Å²) < 4.78 is 0. The number of hydrogen-bond acceptors (Lipinski definition) is 0. The van der Waals surface area contributed by atoms with E-state index in [1.54, 1.807) is 0 Å². The van der Waals surface area contributed by atoms with E-state index in [4.69, 9.17) is 0 Å². The van der Waals surface area contributed by atoms with Crippen molar-refractivity contribution in [1.82, 2.24) is 0 Å². The van der Waals surface area contributed by atoms with E-state index >= 15 is 0 Å². The van der Waals surface area contributed by atoms with Gasteiger partial charge in [0, 0.05) is 0 Å². The van der Waals surface area contributed by atoms with Crippen LogP contribution in [-0.2, 0) is 0 Å². The third-order valence-electron chi connectivity index (χ3n) is 0.425. The van der Waals surface area contributed by atoms with Gasteiger partial charge in [-0.1, -0.05) is 0 Å². The molecule has 0 aliphatic heterocycles. The average Bonchev–Trinajstić information content (AvgIpc) is 1.76. The van der Waals surface area contributed by atoms with Crippen LogP contribution in [0, 0.1) is 0 Å². The normalized spacial score (nSPS) is 6.67. The van der Waals surface area contributed by atoms with Gasteiger partial charge in [0.25, 0.3) is 0 Å². The summed E-state index contributed by atoms with van der Waals surface area (Å²) in [5.41, 5.74) is 0. The Morgan fingerprint density at radius 2 is 1.50 bits per heavy atom. The van der Waals surface area contributed by atoms with Gasteiger partial charge in [-0.2, -0.15) is 0 Å². The molecule has 1 heterocycles. The Hall–Kier alpha value is 1.64. The van der Waals surface area contributed by atoms with Gasteiger partial charge in [0.05, 0.1) is 0 Å². The average molecular weight is 171 g/mol. The molecule has 1 aromatic rings. The molecule has 0 N–H and O–H groups in total. The van der Waals surface area contributed by atoms with Gasteiger partial charge in [-0.3, -0.25) is 0 Å². The van der Waals surface area contributed by atoms with Crippen LogP contribution in [0.15, 0.2) is 22.0 Å². The minimum absolute atomic E-state index is 0. The molecule has 0 amide bonds. The van der Waals surface area contributed by atoms with Crippen molar-refractivity contribution in [2.24, 2.45) is 0 Å². The first-order chi connectivity index (χ1) is 2.50. The molecule has 0 aliphatic carbocycles. The molecule has 0 aromatic carbocycles. The van der Waals surface area contributed by atoms with Crippen molar-refractivity contribution in [2.75, 3.05) is 0 Å². The van der Waals surface area contributed by atoms with E-state index in [0.29, 0.717) is 14.5 Å². The topological polar surface area (TPSA) is 0 Å². The Balaban J connectivity index is 0.000000250. The molecule has 0 bridgehead atoms. The van der Waals surface area contributed by atoms with Crippen LogP contribution < -0.4 is 0 Å². The van der Waals surface area contributed by atoms with E-state index in [1.165, 1.54) is 0 Å². The van der Waals surface area contributed by atoms with Gasteiger partial charge in [-0.15, -0.1) is 0 Å². The maximum absolute atomic E-state index is 2.19. The Kier molecular flexibility index (Phi) is 6.09. The second-order valence-corrected chi connectivity index (χ2v) is 2.51. The predicted molar refractivity (Wildman–Crippen MR) is 30.5 cm³/mol. The summed E-state index contributed by atoms with van der Waals surface area (Å²) in [5, 5.41) is 0. The van der Waals surface area contributed by atoms with Crippen LogP contribution in [0.4, 0.5) is 0 Å².